The molecule has 140 valence electrons. The monoisotopic (exact) mass is 391 g/mol. The summed E-state index contributed by atoms with van der Waals surface area (Å²) in [6.45, 7) is -6.32. The molecular formula is C15H13F4N3O3S. The van der Waals surface area contributed by atoms with Gasteiger partial charge < -0.3 is 14.5 Å². The number of nitrogens with zero attached hydrogens (tertiary/aromatic N) is 2. The van der Waals surface area contributed by atoms with Crippen LogP contribution in [-0.2, 0) is 18.6 Å². The zero-order chi connectivity index (χ0) is 18.7. The summed E-state index contributed by atoms with van der Waals surface area (Å²) in [4.78, 5) is 22.6. The van der Waals surface area contributed by atoms with E-state index in [4.69, 9.17) is 0 Å². The maximum Gasteiger partial charge on any atom is 0.388 e. The van der Waals surface area contributed by atoms with Crippen molar-refractivity contribution in [2.24, 2.45) is 0 Å². The van der Waals surface area contributed by atoms with E-state index in [0.29, 0.717) is 24.1 Å². The molecule has 6 nitrogen and oxygen atoms in total. The van der Waals surface area contributed by atoms with E-state index >= 15 is 0 Å². The van der Waals surface area contributed by atoms with E-state index in [-0.39, 0.29) is 27.8 Å². The highest BCUT2D eigenvalue weighted by atomic mass is 32.2. The van der Waals surface area contributed by atoms with Crippen molar-refractivity contribution in [3.63, 3.8) is 0 Å². The average molecular weight is 391 g/mol. The van der Waals surface area contributed by atoms with E-state index in [1.165, 1.54) is 0 Å². The molecule has 0 aliphatic heterocycles. The number of pyridine rings is 1. The van der Waals surface area contributed by atoms with E-state index < -0.39 is 19.1 Å². The van der Waals surface area contributed by atoms with Crippen molar-refractivity contribution in [2.75, 3.05) is 0 Å². The molecule has 1 aliphatic carbocycles. The highest BCUT2D eigenvalue weighted by Crippen LogP contribution is 2.34. The van der Waals surface area contributed by atoms with Crippen LogP contribution in [0.3, 0.4) is 0 Å². The maximum absolute atomic E-state index is 12.6. The van der Waals surface area contributed by atoms with Crippen LogP contribution in [-0.4, -0.2) is 28.2 Å². The summed E-state index contributed by atoms with van der Waals surface area (Å²) in [7, 11) is 0. The summed E-state index contributed by atoms with van der Waals surface area (Å²) in [5.41, 5.74) is 0.991. The van der Waals surface area contributed by atoms with Crippen LogP contribution in [0.25, 0.3) is 0 Å². The number of aromatic amines is 1. The molecule has 0 amide bonds. The molecule has 1 N–H and O–H groups in total. The van der Waals surface area contributed by atoms with Gasteiger partial charge in [0.15, 0.2) is 5.16 Å². The number of nitrogens with one attached hydrogen (secondary N) is 1. The third-order valence-electron chi connectivity index (χ3n) is 3.66. The molecule has 26 heavy (non-hydrogen) atoms. The summed E-state index contributed by atoms with van der Waals surface area (Å²) in [5, 5.41) is 0.255. The fraction of sp³-hybridized carbons (Fsp3) is 0.400. The van der Waals surface area contributed by atoms with E-state index in [0.717, 1.165) is 30.4 Å². The van der Waals surface area contributed by atoms with Crippen LogP contribution in [0.2, 0.25) is 0 Å². The first-order chi connectivity index (χ1) is 12.4. The van der Waals surface area contributed by atoms with Crippen LogP contribution in [0.1, 0.15) is 23.2 Å². The molecule has 11 heteroatoms. The summed E-state index contributed by atoms with van der Waals surface area (Å²) in [6.07, 6.45) is 3.20. The predicted molar refractivity (Wildman–Crippen MR) is 83.9 cm³/mol. The quantitative estimate of drug-likeness (QED) is 0.444. The summed E-state index contributed by atoms with van der Waals surface area (Å²) < 4.78 is 58.8. The van der Waals surface area contributed by atoms with E-state index in [2.05, 4.69) is 24.4 Å². The Morgan fingerprint density at radius 2 is 1.96 bits per heavy atom. The second kappa shape index (κ2) is 7.94. The van der Waals surface area contributed by atoms with Crippen molar-refractivity contribution in [3.8, 4) is 11.6 Å². The molecule has 0 atom stereocenters. The topological polar surface area (TPSA) is 77.1 Å². The van der Waals surface area contributed by atoms with Gasteiger partial charge in [0.2, 0.25) is 5.88 Å². The molecular weight excluding hydrogens is 378 g/mol. The zero-order valence-corrected chi connectivity index (χ0v) is 14.0. The Morgan fingerprint density at radius 1 is 1.19 bits per heavy atom. The molecule has 2 aromatic rings. The molecule has 2 aromatic heterocycles. The number of halogens is 4. The highest BCUT2D eigenvalue weighted by Gasteiger charge is 2.21. The van der Waals surface area contributed by atoms with Crippen molar-refractivity contribution in [3.05, 3.63) is 39.4 Å². The lowest BCUT2D eigenvalue weighted by Crippen LogP contribution is -2.15. The Hall–Kier alpha value is -2.30. The number of aryl methyl sites for hydroxylation is 1. The zero-order valence-electron chi connectivity index (χ0n) is 13.2. The molecule has 0 radical (unpaired) electrons. The lowest BCUT2D eigenvalue weighted by atomic mass is 10.3. The minimum absolute atomic E-state index is 0.0822. The molecule has 0 aromatic carbocycles. The van der Waals surface area contributed by atoms with Gasteiger partial charge in [-0.05, 0) is 25.3 Å². The largest absolute Gasteiger partial charge is 0.434 e. The first-order valence-corrected chi connectivity index (χ1v) is 8.55. The van der Waals surface area contributed by atoms with Gasteiger partial charge in [0.1, 0.15) is 5.75 Å². The minimum atomic E-state index is -3.18. The molecule has 0 spiro atoms. The second-order valence-corrected chi connectivity index (χ2v) is 6.25. The predicted octanol–water partition coefficient (Wildman–Crippen LogP) is 3.15. The standard InChI is InChI=1S/C15H13F4N3O3S/c16-13(17)24-10-4-5-20-12(25-14(18)19)8(10)6-26-15-21-9-3-1-2-7(9)11(23)22-15/h4-5,13-14H,1-3,6H2,(H,21,22,23). The van der Waals surface area contributed by atoms with Crippen molar-refractivity contribution < 1.29 is 27.0 Å². The van der Waals surface area contributed by atoms with Gasteiger partial charge in [0, 0.05) is 17.5 Å². The number of rotatable bonds is 7. The van der Waals surface area contributed by atoms with Gasteiger partial charge in [-0.25, -0.2) is 9.97 Å². The molecule has 1 aliphatic rings. The van der Waals surface area contributed by atoms with Crippen molar-refractivity contribution in [1.29, 1.82) is 0 Å². The fourth-order valence-corrected chi connectivity index (χ4v) is 3.50. The SMILES string of the molecule is O=c1[nH]c(SCc2c(OC(F)F)ccnc2OC(F)F)nc2c1CCC2. The molecule has 0 saturated heterocycles. The van der Waals surface area contributed by atoms with Gasteiger partial charge in [-0.1, -0.05) is 11.8 Å². The normalized spacial score (nSPS) is 13.3. The number of hydrogen-bond donors (Lipinski definition) is 1. The number of thioether (sulfide) groups is 1. The van der Waals surface area contributed by atoms with Crippen LogP contribution >= 0.6 is 11.8 Å². The second-order valence-electron chi connectivity index (χ2n) is 5.29. The van der Waals surface area contributed by atoms with Gasteiger partial charge in [-0.3, -0.25) is 4.79 Å². The molecule has 0 saturated carbocycles. The summed E-state index contributed by atoms with van der Waals surface area (Å²) in [6, 6.07) is 1.12. The van der Waals surface area contributed by atoms with Crippen LogP contribution in [0, 0.1) is 0 Å². The smallest absolute Gasteiger partial charge is 0.388 e. The lowest BCUT2D eigenvalue weighted by molar-refractivity contribution is -0.0573. The van der Waals surface area contributed by atoms with E-state index in [9.17, 15) is 22.4 Å². The maximum atomic E-state index is 12.6. The van der Waals surface area contributed by atoms with Crippen LogP contribution < -0.4 is 15.0 Å². The third kappa shape index (κ3) is 4.26. The molecule has 0 unspecified atom stereocenters. The molecule has 0 fully saturated rings. The van der Waals surface area contributed by atoms with E-state index in [1.54, 1.807) is 0 Å². The Labute approximate surface area is 149 Å². The van der Waals surface area contributed by atoms with Crippen molar-refractivity contribution >= 4 is 11.8 Å². The number of alkyl halides is 4. The Bertz CT molecular complexity index is 819. The minimum Gasteiger partial charge on any atom is -0.434 e. The number of hydrogen-bond acceptors (Lipinski definition) is 6. The van der Waals surface area contributed by atoms with Gasteiger partial charge in [-0.2, -0.15) is 17.6 Å². The summed E-state index contributed by atoms with van der Waals surface area (Å²) in [5.74, 6) is -0.963. The highest BCUT2D eigenvalue weighted by molar-refractivity contribution is 7.98. The molecule has 0 bridgehead atoms. The van der Waals surface area contributed by atoms with Gasteiger partial charge in [0.05, 0.1) is 11.3 Å². The number of H-pyrrole nitrogens is 1. The lowest BCUT2D eigenvalue weighted by Gasteiger charge is -2.14. The number of aromatic nitrogens is 3. The Balaban J connectivity index is 1.86. The van der Waals surface area contributed by atoms with Crippen LogP contribution in [0.15, 0.2) is 22.2 Å². The van der Waals surface area contributed by atoms with E-state index in [1.807, 2.05) is 0 Å². The third-order valence-corrected chi connectivity index (χ3v) is 4.56. The van der Waals surface area contributed by atoms with Crippen LogP contribution in [0.5, 0.6) is 11.6 Å². The molecule has 3 rings (SSSR count). The Morgan fingerprint density at radius 3 is 2.69 bits per heavy atom. The Kier molecular flexibility index (Phi) is 5.64. The first kappa shape index (κ1) is 18.5. The number of fused-ring (bicyclic) bond motifs is 1. The van der Waals surface area contributed by atoms with Gasteiger partial charge in [0.25, 0.3) is 5.56 Å². The van der Waals surface area contributed by atoms with Gasteiger partial charge >= 0.3 is 13.2 Å². The molecule has 2 heterocycles. The number of ether oxygens (including phenoxy) is 2. The van der Waals surface area contributed by atoms with Crippen molar-refractivity contribution in [1.82, 2.24) is 15.0 Å². The average Bonchev–Trinajstić information content (AvgIpc) is 3.02. The van der Waals surface area contributed by atoms with Crippen LogP contribution in [0.4, 0.5) is 17.6 Å². The van der Waals surface area contributed by atoms with Crippen molar-refractivity contribution in [2.45, 2.75) is 43.4 Å². The van der Waals surface area contributed by atoms with Gasteiger partial charge in [-0.15, -0.1) is 0 Å². The fourth-order valence-electron chi connectivity index (χ4n) is 2.61. The summed E-state index contributed by atoms with van der Waals surface area (Å²) >= 11 is 0.980. The first-order valence-electron chi connectivity index (χ1n) is 7.56.